The van der Waals surface area contributed by atoms with Crippen molar-refractivity contribution < 1.29 is 9.90 Å². The Morgan fingerprint density at radius 3 is 3.06 bits per heavy atom. The maximum Gasteiger partial charge on any atom is 0.320 e. The van der Waals surface area contributed by atoms with Crippen molar-refractivity contribution in [2.24, 2.45) is 10.7 Å². The van der Waals surface area contributed by atoms with Crippen molar-refractivity contribution in [1.29, 1.82) is 0 Å². The number of carboxylic acid groups (broad SMARTS) is 1. The summed E-state index contributed by atoms with van der Waals surface area (Å²) >= 11 is 0. The summed E-state index contributed by atoms with van der Waals surface area (Å²) in [5, 5.41) is 8.72. The fourth-order valence-corrected chi connectivity index (χ4v) is 1.82. The summed E-state index contributed by atoms with van der Waals surface area (Å²) in [6.45, 7) is 2.01. The Kier molecular flexibility index (Phi) is 2.75. The molecule has 1 aromatic rings. The highest BCUT2D eigenvalue weighted by molar-refractivity contribution is 5.96. The molecule has 0 amide bonds. The first-order valence-corrected chi connectivity index (χ1v) is 5.20. The molecule has 0 bridgehead atoms. The van der Waals surface area contributed by atoms with Crippen molar-refractivity contribution in [2.45, 2.75) is 25.8 Å². The highest BCUT2D eigenvalue weighted by Gasteiger charge is 2.20. The van der Waals surface area contributed by atoms with Gasteiger partial charge in [0.05, 0.1) is 5.69 Å². The lowest BCUT2D eigenvalue weighted by Crippen LogP contribution is -2.32. The van der Waals surface area contributed by atoms with Crippen LogP contribution in [0.3, 0.4) is 0 Å². The fourth-order valence-electron chi connectivity index (χ4n) is 1.82. The standard InChI is InChI=1S/C12H14N2O2/c1-7-2-3-8-5-9(14-11(8)4-7)6-10(13)12(15)16/h2-4,10H,5-6,13H2,1H3,(H,15,16). The van der Waals surface area contributed by atoms with E-state index in [9.17, 15) is 4.79 Å². The lowest BCUT2D eigenvalue weighted by Gasteiger charge is -2.04. The Hall–Kier alpha value is -1.68. The number of aliphatic imine (C=N–C) groups is 1. The maximum atomic E-state index is 10.6. The number of benzene rings is 1. The van der Waals surface area contributed by atoms with E-state index in [0.717, 1.165) is 28.9 Å². The molecule has 3 N–H and O–H groups in total. The molecule has 0 fully saturated rings. The molecule has 1 aliphatic heterocycles. The van der Waals surface area contributed by atoms with Crippen LogP contribution in [0.4, 0.5) is 5.69 Å². The third-order valence-corrected chi connectivity index (χ3v) is 2.69. The summed E-state index contributed by atoms with van der Waals surface area (Å²) < 4.78 is 0. The molecule has 0 spiro atoms. The Morgan fingerprint density at radius 2 is 2.38 bits per heavy atom. The van der Waals surface area contributed by atoms with Gasteiger partial charge < -0.3 is 10.8 Å². The van der Waals surface area contributed by atoms with Crippen LogP contribution in [0.5, 0.6) is 0 Å². The third kappa shape index (κ3) is 2.12. The number of rotatable bonds is 3. The molecule has 0 saturated heterocycles. The lowest BCUT2D eigenvalue weighted by atomic mass is 10.0. The van der Waals surface area contributed by atoms with E-state index in [1.807, 2.05) is 25.1 Å². The second-order valence-electron chi connectivity index (χ2n) is 4.14. The molecule has 0 aromatic heterocycles. The van der Waals surface area contributed by atoms with E-state index >= 15 is 0 Å². The molecule has 1 atom stereocenters. The van der Waals surface area contributed by atoms with Crippen LogP contribution >= 0.6 is 0 Å². The largest absolute Gasteiger partial charge is 0.480 e. The summed E-state index contributed by atoms with van der Waals surface area (Å²) in [5.74, 6) is -0.977. The molecule has 1 heterocycles. The van der Waals surface area contributed by atoms with Gasteiger partial charge in [0, 0.05) is 18.6 Å². The summed E-state index contributed by atoms with van der Waals surface area (Å²) in [7, 11) is 0. The second-order valence-corrected chi connectivity index (χ2v) is 4.14. The summed E-state index contributed by atoms with van der Waals surface area (Å²) in [4.78, 5) is 15.0. The van der Waals surface area contributed by atoms with Gasteiger partial charge in [0.25, 0.3) is 0 Å². The zero-order valence-electron chi connectivity index (χ0n) is 9.10. The molecule has 84 valence electrons. The minimum Gasteiger partial charge on any atom is -0.480 e. The van der Waals surface area contributed by atoms with Crippen LogP contribution in [0.15, 0.2) is 23.2 Å². The lowest BCUT2D eigenvalue weighted by molar-refractivity contribution is -0.138. The average molecular weight is 218 g/mol. The van der Waals surface area contributed by atoms with E-state index in [1.54, 1.807) is 0 Å². The zero-order valence-corrected chi connectivity index (χ0v) is 9.10. The molecule has 1 aromatic carbocycles. The van der Waals surface area contributed by atoms with E-state index in [-0.39, 0.29) is 0 Å². The van der Waals surface area contributed by atoms with Crippen molar-refractivity contribution in [2.75, 3.05) is 0 Å². The highest BCUT2D eigenvalue weighted by Crippen LogP contribution is 2.28. The number of aliphatic carboxylic acids is 1. The molecule has 16 heavy (non-hydrogen) atoms. The average Bonchev–Trinajstić information content (AvgIpc) is 2.58. The number of aryl methyl sites for hydroxylation is 1. The summed E-state index contributed by atoms with van der Waals surface area (Å²) in [6, 6.07) is 5.23. The third-order valence-electron chi connectivity index (χ3n) is 2.69. The topological polar surface area (TPSA) is 75.7 Å². The predicted octanol–water partition coefficient (Wildman–Crippen LogP) is 1.43. The van der Waals surface area contributed by atoms with Gasteiger partial charge in [0.1, 0.15) is 6.04 Å². The number of carbonyl (C=O) groups is 1. The van der Waals surface area contributed by atoms with Crippen LogP contribution in [0.2, 0.25) is 0 Å². The van der Waals surface area contributed by atoms with Crippen LogP contribution in [0.1, 0.15) is 17.5 Å². The molecule has 0 aliphatic carbocycles. The van der Waals surface area contributed by atoms with Crippen LogP contribution < -0.4 is 5.73 Å². The van der Waals surface area contributed by atoms with Crippen molar-refractivity contribution in [3.05, 3.63) is 29.3 Å². The SMILES string of the molecule is Cc1ccc2c(c1)N=C(CC(N)C(=O)O)C2. The van der Waals surface area contributed by atoms with Crippen LogP contribution in [0, 0.1) is 6.92 Å². The zero-order chi connectivity index (χ0) is 11.7. The number of carboxylic acids is 1. The van der Waals surface area contributed by atoms with Gasteiger partial charge in [-0.25, -0.2) is 0 Å². The van der Waals surface area contributed by atoms with E-state index in [1.165, 1.54) is 0 Å². The Labute approximate surface area is 93.8 Å². The Bertz CT molecular complexity index is 466. The first kappa shape index (κ1) is 10.8. The van der Waals surface area contributed by atoms with Crippen LogP contribution in [0.25, 0.3) is 0 Å². The van der Waals surface area contributed by atoms with E-state index in [4.69, 9.17) is 10.8 Å². The fraction of sp³-hybridized carbons (Fsp3) is 0.333. The molecule has 4 nitrogen and oxygen atoms in total. The minimum absolute atomic E-state index is 0.322. The molecule has 0 saturated carbocycles. The van der Waals surface area contributed by atoms with Gasteiger partial charge in [-0.3, -0.25) is 9.79 Å². The van der Waals surface area contributed by atoms with Crippen molar-refractivity contribution in [3.63, 3.8) is 0 Å². The van der Waals surface area contributed by atoms with Crippen molar-refractivity contribution >= 4 is 17.4 Å². The molecular weight excluding hydrogens is 204 g/mol. The molecule has 0 radical (unpaired) electrons. The van der Waals surface area contributed by atoms with Crippen LogP contribution in [-0.4, -0.2) is 22.8 Å². The number of hydrogen-bond acceptors (Lipinski definition) is 3. The van der Waals surface area contributed by atoms with Crippen molar-refractivity contribution in [1.82, 2.24) is 0 Å². The first-order valence-electron chi connectivity index (χ1n) is 5.20. The van der Waals surface area contributed by atoms with Gasteiger partial charge in [0.15, 0.2) is 0 Å². The molecular formula is C12H14N2O2. The smallest absolute Gasteiger partial charge is 0.320 e. The normalized spacial score (nSPS) is 15.5. The molecule has 1 aliphatic rings. The van der Waals surface area contributed by atoms with E-state index < -0.39 is 12.0 Å². The number of fused-ring (bicyclic) bond motifs is 1. The van der Waals surface area contributed by atoms with E-state index in [0.29, 0.717) is 6.42 Å². The monoisotopic (exact) mass is 218 g/mol. The van der Waals surface area contributed by atoms with Crippen molar-refractivity contribution in [3.8, 4) is 0 Å². The van der Waals surface area contributed by atoms with Gasteiger partial charge in [-0.05, 0) is 24.1 Å². The van der Waals surface area contributed by atoms with Gasteiger partial charge in [0.2, 0.25) is 0 Å². The van der Waals surface area contributed by atoms with Crippen LogP contribution in [-0.2, 0) is 11.2 Å². The summed E-state index contributed by atoms with van der Waals surface area (Å²) in [5.41, 5.74) is 9.60. The second kappa shape index (κ2) is 4.06. The van der Waals surface area contributed by atoms with Gasteiger partial charge in [-0.1, -0.05) is 12.1 Å². The minimum atomic E-state index is -0.977. The van der Waals surface area contributed by atoms with Gasteiger partial charge in [-0.15, -0.1) is 0 Å². The van der Waals surface area contributed by atoms with Gasteiger partial charge in [-0.2, -0.15) is 0 Å². The summed E-state index contributed by atoms with van der Waals surface area (Å²) in [6.07, 6.45) is 1.04. The number of nitrogens with two attached hydrogens (primary N) is 1. The Balaban J connectivity index is 2.13. The van der Waals surface area contributed by atoms with E-state index in [2.05, 4.69) is 4.99 Å². The Morgan fingerprint density at radius 1 is 1.62 bits per heavy atom. The molecule has 1 unspecified atom stereocenters. The van der Waals surface area contributed by atoms with Gasteiger partial charge >= 0.3 is 5.97 Å². The predicted molar refractivity (Wildman–Crippen MR) is 62.2 cm³/mol. The quantitative estimate of drug-likeness (QED) is 0.805. The number of nitrogens with zero attached hydrogens (tertiary/aromatic N) is 1. The highest BCUT2D eigenvalue weighted by atomic mass is 16.4. The molecule has 4 heteroatoms. The number of hydrogen-bond donors (Lipinski definition) is 2. The molecule has 2 rings (SSSR count). The maximum absolute atomic E-state index is 10.6. The first-order chi connectivity index (χ1) is 7.56.